The van der Waals surface area contributed by atoms with Crippen LogP contribution in [-0.4, -0.2) is 43.0 Å². The monoisotopic (exact) mass is 532 g/mol. The van der Waals surface area contributed by atoms with Crippen molar-refractivity contribution in [3.8, 4) is 0 Å². The van der Waals surface area contributed by atoms with Crippen molar-refractivity contribution in [2.45, 2.75) is 70.3 Å². The lowest BCUT2D eigenvalue weighted by Crippen LogP contribution is -2.39. The molecule has 40 heavy (non-hydrogen) atoms. The second-order valence-corrected chi connectivity index (χ2v) is 12.7. The lowest BCUT2D eigenvalue weighted by Gasteiger charge is -2.43. The van der Waals surface area contributed by atoms with Gasteiger partial charge in [0.1, 0.15) is 23.2 Å². The Morgan fingerprint density at radius 1 is 0.800 bits per heavy atom. The molecule has 2 unspecified atom stereocenters. The van der Waals surface area contributed by atoms with E-state index in [4.69, 9.17) is 9.15 Å². The number of rotatable bonds is 2. The van der Waals surface area contributed by atoms with Crippen LogP contribution in [0.3, 0.4) is 0 Å². The molecular weight excluding hydrogens is 496 g/mol. The average Bonchev–Trinajstić information content (AvgIpc) is 3.67. The van der Waals surface area contributed by atoms with Crippen LogP contribution in [0.25, 0.3) is 17.0 Å². The summed E-state index contributed by atoms with van der Waals surface area (Å²) in [6, 6.07) is 4.47. The molecule has 5 heteroatoms. The van der Waals surface area contributed by atoms with Crippen molar-refractivity contribution in [2.75, 3.05) is 31.1 Å². The van der Waals surface area contributed by atoms with Crippen molar-refractivity contribution in [2.24, 2.45) is 5.92 Å². The fraction of sp³-hybridized carbons (Fsp3) is 0.457. The summed E-state index contributed by atoms with van der Waals surface area (Å²) in [7, 11) is 0. The number of ketones is 1. The normalized spacial score (nSPS) is 29.1. The van der Waals surface area contributed by atoms with Crippen molar-refractivity contribution < 1.29 is 13.9 Å². The summed E-state index contributed by atoms with van der Waals surface area (Å²) >= 11 is 0. The second-order valence-electron chi connectivity index (χ2n) is 12.7. The van der Waals surface area contributed by atoms with Crippen molar-refractivity contribution in [1.29, 1.82) is 0 Å². The summed E-state index contributed by atoms with van der Waals surface area (Å²) in [5, 5.41) is 1.18. The van der Waals surface area contributed by atoms with E-state index in [1.54, 1.807) is 0 Å². The molecule has 2 aliphatic carbocycles. The van der Waals surface area contributed by atoms with Crippen molar-refractivity contribution in [1.82, 2.24) is 4.90 Å². The Kier molecular flexibility index (Phi) is 5.09. The quantitative estimate of drug-likeness (QED) is 0.399. The first kappa shape index (κ1) is 23.3. The van der Waals surface area contributed by atoms with E-state index in [0.717, 1.165) is 73.4 Å². The Morgan fingerprint density at radius 3 is 2.48 bits per heavy atom. The summed E-state index contributed by atoms with van der Waals surface area (Å²) in [5.74, 6) is 2.12. The van der Waals surface area contributed by atoms with Gasteiger partial charge in [0.15, 0.2) is 5.78 Å². The molecule has 5 nitrogen and oxygen atoms in total. The lowest BCUT2D eigenvalue weighted by molar-refractivity contribution is -0.111. The van der Waals surface area contributed by atoms with Crippen LogP contribution in [0.5, 0.6) is 0 Å². The number of piperidine rings is 1. The molecule has 1 aromatic heterocycles. The van der Waals surface area contributed by atoms with Gasteiger partial charge >= 0.3 is 0 Å². The molecule has 0 spiro atoms. The van der Waals surface area contributed by atoms with Crippen LogP contribution in [0.15, 0.2) is 68.5 Å². The molecule has 2 fully saturated rings. The third-order valence-electron chi connectivity index (χ3n) is 10.3. The fourth-order valence-corrected chi connectivity index (χ4v) is 8.62. The van der Waals surface area contributed by atoms with Crippen LogP contribution >= 0.6 is 0 Å². The zero-order chi connectivity index (χ0) is 26.4. The molecule has 0 N–H and O–H groups in total. The minimum Gasteiger partial charge on any atom is -0.485 e. The van der Waals surface area contributed by atoms with Gasteiger partial charge in [0.2, 0.25) is 0 Å². The average molecular weight is 533 g/mol. The summed E-state index contributed by atoms with van der Waals surface area (Å²) in [5.41, 5.74) is 11.5. The van der Waals surface area contributed by atoms with E-state index in [1.165, 1.54) is 84.2 Å². The molecule has 0 amide bonds. The van der Waals surface area contributed by atoms with Crippen LogP contribution in [0.2, 0.25) is 0 Å². The summed E-state index contributed by atoms with van der Waals surface area (Å²) in [6.07, 6.45) is 19.8. The van der Waals surface area contributed by atoms with Gasteiger partial charge in [0.25, 0.3) is 0 Å². The zero-order valence-electron chi connectivity index (χ0n) is 23.1. The summed E-state index contributed by atoms with van der Waals surface area (Å²) in [4.78, 5) is 18.6. The number of Topliss-reactive ketones (excluding diaryl/α,β-unsaturated/α-hetero) is 1. The summed E-state index contributed by atoms with van der Waals surface area (Å²) < 4.78 is 13.0. The Morgan fingerprint density at radius 2 is 1.57 bits per heavy atom. The number of hydrogen-bond donors (Lipinski definition) is 0. The maximum atomic E-state index is 13.5. The molecule has 7 aliphatic rings. The van der Waals surface area contributed by atoms with Gasteiger partial charge in [0, 0.05) is 65.6 Å². The molecular formula is C35H36N2O3. The van der Waals surface area contributed by atoms with Crippen LogP contribution in [0, 0.1) is 5.92 Å². The third kappa shape index (κ3) is 3.49. The highest BCUT2D eigenvalue weighted by Crippen LogP contribution is 2.46. The molecule has 1 saturated heterocycles. The van der Waals surface area contributed by atoms with E-state index in [9.17, 15) is 4.79 Å². The number of fused-ring (bicyclic) bond motifs is 4. The van der Waals surface area contributed by atoms with Crippen molar-refractivity contribution in [3.63, 3.8) is 0 Å². The smallest absolute Gasteiger partial charge is 0.185 e. The number of ether oxygens (including phenoxy) is 1. The molecule has 2 aromatic rings. The van der Waals surface area contributed by atoms with Crippen molar-refractivity contribution >= 4 is 28.5 Å². The molecule has 5 aliphatic heterocycles. The predicted molar refractivity (Wildman–Crippen MR) is 157 cm³/mol. The number of benzene rings is 1. The Labute approximate surface area is 235 Å². The molecule has 0 bridgehead atoms. The van der Waals surface area contributed by atoms with E-state index >= 15 is 0 Å². The van der Waals surface area contributed by atoms with Gasteiger partial charge in [-0.05, 0) is 111 Å². The standard InChI is InChI=1S/C35H36N2O3/c38-33-23(17-27-19-25-15-21-5-1-11-36-13-3-7-29(31(21)36)34(25)39-27)9-10-24(33)18-28-20-26-16-22-6-2-12-37-14-4-8-30(32(22)37)35(26)40-28/h15-20,25,34H,1-14H2/b23-17+,24-18-. The number of aryl methyl sites for hydroxylation is 2. The molecule has 9 rings (SSSR count). The van der Waals surface area contributed by atoms with Gasteiger partial charge in [0.05, 0.1) is 0 Å². The van der Waals surface area contributed by atoms with Crippen LogP contribution in [0.1, 0.15) is 68.3 Å². The van der Waals surface area contributed by atoms with Gasteiger partial charge in [-0.25, -0.2) is 0 Å². The highest BCUT2D eigenvalue weighted by molar-refractivity contribution is 6.13. The van der Waals surface area contributed by atoms with E-state index in [-0.39, 0.29) is 11.9 Å². The molecule has 6 heterocycles. The highest BCUT2D eigenvalue weighted by atomic mass is 16.5. The fourth-order valence-electron chi connectivity index (χ4n) is 8.62. The number of carbonyl (C=O) groups excluding carboxylic acids is 1. The van der Waals surface area contributed by atoms with Gasteiger partial charge in [-0.3, -0.25) is 4.79 Å². The predicted octanol–water partition coefficient (Wildman–Crippen LogP) is 6.79. The largest absolute Gasteiger partial charge is 0.485 e. The molecule has 1 saturated carbocycles. The van der Waals surface area contributed by atoms with Gasteiger partial charge in [-0.15, -0.1) is 0 Å². The van der Waals surface area contributed by atoms with Gasteiger partial charge in [-0.2, -0.15) is 0 Å². The maximum absolute atomic E-state index is 13.5. The Balaban J connectivity index is 0.991. The first-order valence-corrected chi connectivity index (χ1v) is 15.6. The number of hydrogen-bond acceptors (Lipinski definition) is 5. The van der Waals surface area contributed by atoms with Crippen LogP contribution < -0.4 is 4.90 Å². The minimum absolute atomic E-state index is 0.108. The van der Waals surface area contributed by atoms with Crippen LogP contribution in [-0.2, 0) is 22.4 Å². The Bertz CT molecular complexity index is 1630. The lowest BCUT2D eigenvalue weighted by atomic mass is 9.79. The minimum atomic E-state index is 0.108. The Hall–Kier alpha value is -3.47. The molecule has 2 atom stereocenters. The maximum Gasteiger partial charge on any atom is 0.185 e. The molecule has 204 valence electrons. The first-order valence-electron chi connectivity index (χ1n) is 15.6. The van der Waals surface area contributed by atoms with E-state index in [1.807, 2.05) is 12.2 Å². The molecule has 0 radical (unpaired) electrons. The number of carbonyl (C=O) groups is 1. The number of anilines is 1. The third-order valence-corrected chi connectivity index (χ3v) is 10.3. The topological polar surface area (TPSA) is 45.9 Å². The van der Waals surface area contributed by atoms with Gasteiger partial charge < -0.3 is 19.0 Å². The SMILES string of the molecule is O=C1/C(=C\c2cc3cc4c5c(c3o2)CCCN5CCC4)CC/C1=C\C1=CC2C=C3CCCN4CCCC(=C34)C2O1. The van der Waals surface area contributed by atoms with E-state index < -0.39 is 0 Å². The number of furan rings is 1. The highest BCUT2D eigenvalue weighted by Gasteiger charge is 2.40. The number of allylic oxidation sites excluding steroid dienone is 4. The van der Waals surface area contributed by atoms with E-state index in [0.29, 0.717) is 5.92 Å². The summed E-state index contributed by atoms with van der Waals surface area (Å²) in [6.45, 7) is 4.66. The molecule has 1 aromatic carbocycles. The second kappa shape index (κ2) is 8.76. The zero-order valence-corrected chi connectivity index (χ0v) is 23.1. The van der Waals surface area contributed by atoms with Crippen molar-refractivity contribution in [3.05, 3.63) is 81.0 Å². The van der Waals surface area contributed by atoms with E-state index in [2.05, 4.69) is 34.1 Å². The number of nitrogens with zero attached hydrogens (tertiary/aromatic N) is 2. The first-order chi connectivity index (χ1) is 19.7. The van der Waals surface area contributed by atoms with Gasteiger partial charge in [-0.1, -0.05) is 6.08 Å². The van der Waals surface area contributed by atoms with Crippen LogP contribution in [0.4, 0.5) is 5.69 Å².